The maximum Gasteiger partial charge on any atom is 0.225 e. The predicted molar refractivity (Wildman–Crippen MR) is 119 cm³/mol. The molecule has 1 saturated heterocycles. The van der Waals surface area contributed by atoms with Crippen molar-refractivity contribution in [3.05, 3.63) is 18.5 Å². The number of guanidine groups is 1. The predicted octanol–water partition coefficient (Wildman–Crippen LogP) is 1.49. The smallest absolute Gasteiger partial charge is 0.225 e. The van der Waals surface area contributed by atoms with Gasteiger partial charge in [-0.3, -0.25) is 9.89 Å². The van der Waals surface area contributed by atoms with E-state index in [1.165, 1.54) is 0 Å². The summed E-state index contributed by atoms with van der Waals surface area (Å²) in [5.74, 6) is 1.60. The summed E-state index contributed by atoms with van der Waals surface area (Å²) in [4.78, 5) is 18.0. The van der Waals surface area contributed by atoms with Gasteiger partial charge in [0.25, 0.3) is 0 Å². The molecule has 0 radical (unpaired) electrons. The molecule has 1 aromatic heterocycles. The Bertz CT molecular complexity index is 582. The lowest BCUT2D eigenvalue weighted by Crippen LogP contribution is -2.50. The number of nitrogens with one attached hydrogen (secondary N) is 2. The minimum absolute atomic E-state index is 0.444. The number of rotatable bonds is 11. The highest BCUT2D eigenvalue weighted by Gasteiger charge is 2.24. The quantitative estimate of drug-likeness (QED) is 0.380. The number of nitrogens with zero attached hydrogens (tertiary/aromatic N) is 5. The standard InChI is InChI=1S/C21H39N7O/c1-4-8-21(29,9-5-2)18-26-19(22-6-3)23-12-13-27-14-16-28(17-15-27)20-24-10-7-11-25-20/h7,10-11,29H,4-6,8-9,12-18H2,1-3H3,(H2,22,23,26). The zero-order valence-corrected chi connectivity index (χ0v) is 18.4. The summed E-state index contributed by atoms with van der Waals surface area (Å²) < 4.78 is 0. The summed E-state index contributed by atoms with van der Waals surface area (Å²) in [5, 5.41) is 17.5. The van der Waals surface area contributed by atoms with E-state index in [0.29, 0.717) is 6.54 Å². The van der Waals surface area contributed by atoms with Crippen LogP contribution in [-0.4, -0.2) is 83.9 Å². The number of hydrogen-bond acceptors (Lipinski definition) is 6. The second-order valence-corrected chi connectivity index (χ2v) is 7.72. The highest BCUT2D eigenvalue weighted by molar-refractivity contribution is 5.79. The van der Waals surface area contributed by atoms with Crippen LogP contribution >= 0.6 is 0 Å². The van der Waals surface area contributed by atoms with E-state index in [-0.39, 0.29) is 0 Å². The van der Waals surface area contributed by atoms with Crippen LogP contribution in [0.4, 0.5) is 5.95 Å². The highest BCUT2D eigenvalue weighted by Crippen LogP contribution is 2.19. The monoisotopic (exact) mass is 405 g/mol. The SMILES string of the molecule is CCCC(O)(CCC)CN=C(NCC)NCCN1CCN(c2ncccn2)CC1. The molecule has 0 aliphatic carbocycles. The van der Waals surface area contributed by atoms with E-state index >= 15 is 0 Å². The second kappa shape index (κ2) is 12.6. The molecule has 0 atom stereocenters. The van der Waals surface area contributed by atoms with Gasteiger partial charge in [0.15, 0.2) is 5.96 Å². The van der Waals surface area contributed by atoms with Crippen molar-refractivity contribution in [3.63, 3.8) is 0 Å². The molecule has 0 unspecified atom stereocenters. The van der Waals surface area contributed by atoms with Crippen LogP contribution in [0.2, 0.25) is 0 Å². The Kier molecular flexibility index (Phi) is 10.1. The lowest BCUT2D eigenvalue weighted by atomic mass is 9.93. The molecular weight excluding hydrogens is 366 g/mol. The Morgan fingerprint density at radius 3 is 2.31 bits per heavy atom. The van der Waals surface area contributed by atoms with Gasteiger partial charge in [-0.2, -0.15) is 0 Å². The molecule has 8 nitrogen and oxygen atoms in total. The van der Waals surface area contributed by atoms with Crippen molar-refractivity contribution in [3.8, 4) is 0 Å². The van der Waals surface area contributed by atoms with Crippen molar-refractivity contribution >= 4 is 11.9 Å². The average Bonchev–Trinajstić information content (AvgIpc) is 2.73. The van der Waals surface area contributed by atoms with Gasteiger partial charge in [-0.25, -0.2) is 9.97 Å². The molecule has 1 fully saturated rings. The average molecular weight is 406 g/mol. The normalized spacial score (nSPS) is 16.1. The molecule has 3 N–H and O–H groups in total. The molecule has 1 aromatic rings. The summed E-state index contributed by atoms with van der Waals surface area (Å²) in [6, 6.07) is 1.85. The molecule has 29 heavy (non-hydrogen) atoms. The number of aliphatic imine (C=N–C) groups is 1. The molecule has 1 aliphatic rings. The fraction of sp³-hybridized carbons (Fsp3) is 0.762. The first kappa shape index (κ1) is 23.3. The highest BCUT2D eigenvalue weighted by atomic mass is 16.3. The van der Waals surface area contributed by atoms with Gasteiger partial charge in [-0.1, -0.05) is 26.7 Å². The van der Waals surface area contributed by atoms with E-state index in [4.69, 9.17) is 0 Å². The number of aromatic nitrogens is 2. The Morgan fingerprint density at radius 2 is 1.72 bits per heavy atom. The number of piperazine rings is 1. The third-order valence-corrected chi connectivity index (χ3v) is 5.23. The first-order chi connectivity index (χ1) is 14.1. The summed E-state index contributed by atoms with van der Waals surface area (Å²) in [5.41, 5.74) is -0.693. The molecule has 0 aromatic carbocycles. The van der Waals surface area contributed by atoms with Crippen LogP contribution < -0.4 is 15.5 Å². The molecule has 0 bridgehead atoms. The van der Waals surface area contributed by atoms with Crippen LogP contribution in [-0.2, 0) is 0 Å². The fourth-order valence-electron chi connectivity index (χ4n) is 3.74. The van der Waals surface area contributed by atoms with E-state index in [1.807, 2.05) is 6.07 Å². The first-order valence-corrected chi connectivity index (χ1v) is 11.1. The third-order valence-electron chi connectivity index (χ3n) is 5.23. The third kappa shape index (κ3) is 8.14. The van der Waals surface area contributed by atoms with Crippen LogP contribution in [0.5, 0.6) is 0 Å². The van der Waals surface area contributed by atoms with Crippen molar-refractivity contribution in [2.24, 2.45) is 4.99 Å². The number of aliphatic hydroxyl groups is 1. The summed E-state index contributed by atoms with van der Waals surface area (Å²) in [6.07, 6.45) is 7.11. The number of hydrogen-bond donors (Lipinski definition) is 3. The van der Waals surface area contributed by atoms with E-state index in [1.54, 1.807) is 12.4 Å². The van der Waals surface area contributed by atoms with Crippen molar-refractivity contribution in [2.45, 2.75) is 52.1 Å². The van der Waals surface area contributed by atoms with Gasteiger partial charge in [0, 0.05) is 58.2 Å². The van der Waals surface area contributed by atoms with Gasteiger partial charge in [-0.05, 0) is 25.8 Å². The molecule has 164 valence electrons. The summed E-state index contributed by atoms with van der Waals surface area (Å²) >= 11 is 0. The van der Waals surface area contributed by atoms with Gasteiger partial charge in [0.1, 0.15) is 0 Å². The Hall–Kier alpha value is -1.93. The topological polar surface area (TPSA) is 88.9 Å². The minimum Gasteiger partial charge on any atom is -0.388 e. The molecule has 0 saturated carbocycles. The van der Waals surface area contributed by atoms with Gasteiger partial charge in [-0.15, -0.1) is 0 Å². The largest absolute Gasteiger partial charge is 0.388 e. The van der Waals surface area contributed by atoms with Gasteiger partial charge >= 0.3 is 0 Å². The Morgan fingerprint density at radius 1 is 1.07 bits per heavy atom. The first-order valence-electron chi connectivity index (χ1n) is 11.1. The van der Waals surface area contributed by atoms with Crippen molar-refractivity contribution in [1.82, 2.24) is 25.5 Å². The van der Waals surface area contributed by atoms with E-state index < -0.39 is 5.60 Å². The van der Waals surface area contributed by atoms with Crippen LogP contribution in [0.15, 0.2) is 23.5 Å². The lowest BCUT2D eigenvalue weighted by molar-refractivity contribution is 0.0306. The van der Waals surface area contributed by atoms with Crippen molar-refractivity contribution in [1.29, 1.82) is 0 Å². The molecule has 0 amide bonds. The molecule has 2 rings (SSSR count). The maximum absolute atomic E-state index is 10.8. The van der Waals surface area contributed by atoms with Crippen molar-refractivity contribution < 1.29 is 5.11 Å². The lowest BCUT2D eigenvalue weighted by Gasteiger charge is -2.34. The van der Waals surface area contributed by atoms with Crippen LogP contribution in [0.3, 0.4) is 0 Å². The second-order valence-electron chi connectivity index (χ2n) is 7.72. The van der Waals surface area contributed by atoms with E-state index in [9.17, 15) is 5.11 Å². The zero-order chi connectivity index (χ0) is 21.0. The van der Waals surface area contributed by atoms with E-state index in [2.05, 4.69) is 56.2 Å². The minimum atomic E-state index is -0.693. The maximum atomic E-state index is 10.8. The zero-order valence-electron chi connectivity index (χ0n) is 18.4. The summed E-state index contributed by atoms with van der Waals surface area (Å²) in [7, 11) is 0. The molecule has 0 spiro atoms. The van der Waals surface area contributed by atoms with Crippen LogP contribution in [0.1, 0.15) is 46.5 Å². The number of anilines is 1. The molecular formula is C21H39N7O. The van der Waals surface area contributed by atoms with Gasteiger partial charge < -0.3 is 20.6 Å². The van der Waals surface area contributed by atoms with Crippen LogP contribution in [0.25, 0.3) is 0 Å². The molecule has 1 aliphatic heterocycles. The van der Waals surface area contributed by atoms with Gasteiger partial charge in [0.05, 0.1) is 12.1 Å². The Balaban J connectivity index is 1.76. The summed E-state index contributed by atoms with van der Waals surface area (Å²) in [6.45, 7) is 13.2. The fourth-order valence-corrected chi connectivity index (χ4v) is 3.74. The van der Waals surface area contributed by atoms with Crippen molar-refractivity contribution in [2.75, 3.05) is 57.3 Å². The van der Waals surface area contributed by atoms with Crippen LogP contribution in [0, 0.1) is 0 Å². The molecule has 2 heterocycles. The molecule has 8 heteroatoms. The Labute approximate surface area is 175 Å². The van der Waals surface area contributed by atoms with Gasteiger partial charge in [0.2, 0.25) is 5.95 Å². The van der Waals surface area contributed by atoms with E-state index in [0.717, 1.165) is 83.4 Å².